The fourth-order valence-electron chi connectivity index (χ4n) is 5.06. The van der Waals surface area contributed by atoms with Gasteiger partial charge in [-0.25, -0.2) is 0 Å². The Balaban J connectivity index is 1.65. The molecule has 1 unspecified atom stereocenters. The van der Waals surface area contributed by atoms with Crippen LogP contribution in [0.4, 0.5) is 0 Å². The smallest absolute Gasteiger partial charge is 0.199 e. The minimum absolute atomic E-state index is 0.613. The molecule has 3 aromatic carbocycles. The summed E-state index contributed by atoms with van der Waals surface area (Å²) < 4.78 is 0. The highest BCUT2D eigenvalue weighted by molar-refractivity contribution is 7.47. The van der Waals surface area contributed by atoms with Gasteiger partial charge in [0.15, 0.2) is 13.2 Å². The largest absolute Gasteiger partial charge is 0.608 e. The van der Waals surface area contributed by atoms with Crippen molar-refractivity contribution in [2.45, 2.75) is 104 Å². The summed E-state index contributed by atoms with van der Waals surface area (Å²) in [6.07, 6.45) is 18.0. The van der Waals surface area contributed by atoms with Crippen LogP contribution in [-0.2, 0) is 12.8 Å². The van der Waals surface area contributed by atoms with Crippen LogP contribution in [-0.4, -0.2) is 0 Å². The van der Waals surface area contributed by atoms with E-state index in [-0.39, 0.29) is 0 Å². The molecule has 3 rings (SSSR count). The number of hydrogen-bond donors (Lipinski definition) is 1. The van der Waals surface area contributed by atoms with E-state index in [0.717, 1.165) is 29.5 Å². The molecule has 0 saturated heterocycles. The van der Waals surface area contributed by atoms with Gasteiger partial charge in [0.25, 0.3) is 0 Å². The summed E-state index contributed by atoms with van der Waals surface area (Å²) in [5.41, 5.74) is 6.98. The fraction of sp³-hybridized carbons (Fsp3) is 0.471. The summed E-state index contributed by atoms with van der Waals surface area (Å²) in [5, 5.41) is 8.55. The van der Waals surface area contributed by atoms with Crippen molar-refractivity contribution in [3.05, 3.63) is 77.9 Å². The highest BCUT2D eigenvalue weighted by Crippen LogP contribution is 2.30. The average Bonchev–Trinajstić information content (AvgIpc) is 2.93. The van der Waals surface area contributed by atoms with Crippen molar-refractivity contribution in [2.24, 2.45) is 0 Å². The second kappa shape index (κ2) is 16.5. The van der Waals surface area contributed by atoms with Gasteiger partial charge in [0, 0.05) is 5.56 Å². The lowest BCUT2D eigenvalue weighted by atomic mass is 9.96. The van der Waals surface area contributed by atoms with E-state index in [4.69, 9.17) is 5.16 Å². The topological polar surface area (TPSA) is 46.9 Å². The van der Waals surface area contributed by atoms with Crippen LogP contribution in [0, 0.1) is 5.16 Å². The first-order valence-corrected chi connectivity index (χ1v) is 15.9. The predicted octanol–water partition coefficient (Wildman–Crippen LogP) is 9.97. The molecule has 198 valence electrons. The first-order chi connectivity index (χ1) is 18.1. The summed E-state index contributed by atoms with van der Waals surface area (Å²) in [5.74, 6) is 0. The van der Waals surface area contributed by atoms with E-state index in [1.165, 1.54) is 93.7 Å². The number of benzene rings is 3. The highest BCUT2D eigenvalue weighted by atomic mass is 31.1. The maximum absolute atomic E-state index is 12.2. The van der Waals surface area contributed by atoms with Crippen LogP contribution in [0.5, 0.6) is 0 Å². The number of nitrogens with one attached hydrogen (secondary N) is 1. The monoisotopic (exact) mass is 515 g/mol. The molecule has 37 heavy (non-hydrogen) atoms. The van der Waals surface area contributed by atoms with Gasteiger partial charge in [-0.05, 0) is 71.7 Å². The van der Waals surface area contributed by atoms with E-state index < -0.39 is 7.94 Å². The van der Waals surface area contributed by atoms with Crippen LogP contribution in [0.2, 0.25) is 0 Å². The highest BCUT2D eigenvalue weighted by Gasteiger charge is 2.15. The third-order valence-electron chi connectivity index (χ3n) is 7.41. The Labute approximate surface area is 226 Å². The SMILES string of the molecule is CCCCCCCCc1ccc(-c2ccc([P+](=N)[O-])c(-c3ccc(CCCCCCCC)cc3)c2)cc1. The first kappa shape index (κ1) is 29.3. The molecule has 0 saturated carbocycles. The van der Waals surface area contributed by atoms with E-state index in [1.807, 2.05) is 12.1 Å². The third-order valence-corrected chi connectivity index (χ3v) is 8.23. The van der Waals surface area contributed by atoms with Crippen molar-refractivity contribution in [1.82, 2.24) is 0 Å². The van der Waals surface area contributed by atoms with Gasteiger partial charge >= 0.3 is 0 Å². The molecule has 0 fully saturated rings. The zero-order valence-electron chi connectivity index (χ0n) is 23.1. The second-order valence-electron chi connectivity index (χ2n) is 10.5. The van der Waals surface area contributed by atoms with Gasteiger partial charge in [-0.1, -0.05) is 127 Å². The Morgan fingerprint density at radius 2 is 0.973 bits per heavy atom. The Morgan fingerprint density at radius 1 is 0.541 bits per heavy atom. The van der Waals surface area contributed by atoms with Crippen LogP contribution >= 0.6 is 7.94 Å². The standard InChI is InChI=1S/C34H46NOP/c1-3-5-7-9-11-13-15-28-17-21-30(22-18-28)32-25-26-34(37(35)36)33(27-32)31-23-19-29(20-24-31)16-14-12-10-8-6-4-2/h17-27,35H,3-16H2,1-2H3. The van der Waals surface area contributed by atoms with E-state index in [9.17, 15) is 4.89 Å². The molecule has 0 aliphatic heterocycles. The Hall–Kier alpha value is -2.28. The van der Waals surface area contributed by atoms with E-state index >= 15 is 0 Å². The number of aryl methyl sites for hydroxylation is 2. The van der Waals surface area contributed by atoms with Crippen molar-refractivity contribution in [2.75, 3.05) is 0 Å². The summed E-state index contributed by atoms with van der Waals surface area (Å²) in [6.45, 7) is 4.52. The van der Waals surface area contributed by atoms with Crippen molar-refractivity contribution < 1.29 is 4.89 Å². The van der Waals surface area contributed by atoms with E-state index in [2.05, 4.69) is 68.4 Å². The second-order valence-corrected chi connectivity index (χ2v) is 11.5. The molecular weight excluding hydrogens is 469 g/mol. The minimum atomic E-state index is -2.16. The maximum Gasteiger partial charge on any atom is 0.199 e. The molecule has 0 amide bonds. The number of unbranched alkanes of at least 4 members (excludes halogenated alkanes) is 10. The fourth-order valence-corrected chi connectivity index (χ4v) is 5.68. The van der Waals surface area contributed by atoms with Gasteiger partial charge in [-0.3, -0.25) is 0 Å². The molecule has 0 heterocycles. The van der Waals surface area contributed by atoms with Gasteiger partial charge in [-0.2, -0.15) is 0 Å². The third kappa shape index (κ3) is 9.84. The summed E-state index contributed by atoms with van der Waals surface area (Å²) in [4.78, 5) is 12.2. The average molecular weight is 516 g/mol. The molecule has 0 spiro atoms. The maximum atomic E-state index is 12.2. The molecule has 1 N–H and O–H groups in total. The molecular formula is C34H46NOP. The summed E-state index contributed by atoms with van der Waals surface area (Å²) in [7, 11) is -2.16. The van der Waals surface area contributed by atoms with Crippen molar-refractivity contribution in [3.8, 4) is 22.3 Å². The van der Waals surface area contributed by atoms with Crippen molar-refractivity contribution in [1.29, 1.82) is 5.16 Å². The van der Waals surface area contributed by atoms with E-state index in [0.29, 0.717) is 5.30 Å². The molecule has 2 nitrogen and oxygen atoms in total. The molecule has 3 aromatic rings. The van der Waals surface area contributed by atoms with Gasteiger partial charge < -0.3 is 4.89 Å². The summed E-state index contributed by atoms with van der Waals surface area (Å²) in [6, 6.07) is 23.6. The zero-order valence-corrected chi connectivity index (χ0v) is 24.0. The molecule has 0 aliphatic rings. The lowest BCUT2D eigenvalue weighted by Crippen LogP contribution is -2.08. The molecule has 0 aliphatic carbocycles. The van der Waals surface area contributed by atoms with Crippen LogP contribution in [0.15, 0.2) is 66.7 Å². The molecule has 0 bridgehead atoms. The number of rotatable bonds is 17. The van der Waals surface area contributed by atoms with E-state index in [1.54, 1.807) is 0 Å². The quantitative estimate of drug-likeness (QED) is 0.141. The van der Waals surface area contributed by atoms with Crippen LogP contribution in [0.1, 0.15) is 102 Å². The predicted molar refractivity (Wildman–Crippen MR) is 161 cm³/mol. The number of hydrogen-bond acceptors (Lipinski definition) is 2. The lowest BCUT2D eigenvalue weighted by Gasteiger charge is -2.11. The molecule has 0 aromatic heterocycles. The molecule has 1 atom stereocenters. The first-order valence-electron chi connectivity index (χ1n) is 14.6. The molecule has 3 heteroatoms. The minimum Gasteiger partial charge on any atom is -0.608 e. The van der Waals surface area contributed by atoms with Crippen LogP contribution < -0.4 is 10.2 Å². The Bertz CT molecular complexity index is 1070. The van der Waals surface area contributed by atoms with Gasteiger partial charge in [0.05, 0.1) is 0 Å². The van der Waals surface area contributed by atoms with Crippen LogP contribution in [0.25, 0.3) is 22.3 Å². The van der Waals surface area contributed by atoms with Crippen LogP contribution in [0.3, 0.4) is 0 Å². The van der Waals surface area contributed by atoms with Gasteiger partial charge in [0.2, 0.25) is 0 Å². The summed E-state index contributed by atoms with van der Waals surface area (Å²) >= 11 is 0. The zero-order chi connectivity index (χ0) is 26.3. The van der Waals surface area contributed by atoms with Crippen molar-refractivity contribution in [3.63, 3.8) is 0 Å². The Kier molecular flexibility index (Phi) is 13.1. The van der Waals surface area contributed by atoms with Crippen molar-refractivity contribution >= 4 is 13.2 Å². The van der Waals surface area contributed by atoms with Gasteiger partial charge in [0.1, 0.15) is 0 Å². The normalized spacial score (nSPS) is 11.6. The van der Waals surface area contributed by atoms with Gasteiger partial charge in [-0.15, -0.1) is 5.16 Å². The Morgan fingerprint density at radius 3 is 1.46 bits per heavy atom. The molecule has 0 radical (unpaired) electrons. The lowest BCUT2D eigenvalue weighted by molar-refractivity contribution is -0.153.